The van der Waals surface area contributed by atoms with Gasteiger partial charge in [0.25, 0.3) is 0 Å². The van der Waals surface area contributed by atoms with Crippen molar-refractivity contribution < 1.29 is 4.79 Å². The van der Waals surface area contributed by atoms with E-state index in [9.17, 15) is 4.79 Å². The molecule has 0 saturated carbocycles. The molecule has 28 heavy (non-hydrogen) atoms. The summed E-state index contributed by atoms with van der Waals surface area (Å²) in [7, 11) is 0. The first kappa shape index (κ1) is 20.5. The van der Waals surface area contributed by atoms with Gasteiger partial charge in [0, 0.05) is 19.5 Å². The average molecular weight is 396 g/mol. The van der Waals surface area contributed by atoms with Crippen LogP contribution in [0.5, 0.6) is 0 Å². The molecule has 3 aromatic rings. The van der Waals surface area contributed by atoms with E-state index in [1.54, 1.807) is 11.3 Å². The van der Waals surface area contributed by atoms with E-state index in [1.165, 1.54) is 10.3 Å². The van der Waals surface area contributed by atoms with Crippen LogP contribution in [0.1, 0.15) is 42.8 Å². The van der Waals surface area contributed by atoms with Crippen molar-refractivity contribution in [1.29, 1.82) is 0 Å². The second kappa shape index (κ2) is 10.3. The third-order valence-corrected chi connectivity index (χ3v) is 6.04. The van der Waals surface area contributed by atoms with Crippen molar-refractivity contribution in [3.8, 4) is 0 Å². The first-order valence-corrected chi connectivity index (χ1v) is 10.9. The predicted octanol–water partition coefficient (Wildman–Crippen LogP) is 4.78. The van der Waals surface area contributed by atoms with Crippen molar-refractivity contribution in [1.82, 2.24) is 15.2 Å². The Morgan fingerprint density at radius 1 is 1.04 bits per heavy atom. The van der Waals surface area contributed by atoms with E-state index in [2.05, 4.69) is 59.4 Å². The van der Waals surface area contributed by atoms with Crippen LogP contribution in [0, 0.1) is 0 Å². The second-order valence-corrected chi connectivity index (χ2v) is 8.10. The first-order chi connectivity index (χ1) is 13.7. The minimum Gasteiger partial charge on any atom is -0.352 e. The fourth-order valence-corrected chi connectivity index (χ4v) is 4.19. The number of hydrogen-bond donors (Lipinski definition) is 1. The number of hydrogen-bond acceptors (Lipinski definition) is 4. The Hall–Kier alpha value is -2.24. The normalized spacial score (nSPS) is 11.2. The Kier molecular flexibility index (Phi) is 7.57. The Morgan fingerprint density at radius 3 is 2.46 bits per heavy atom. The van der Waals surface area contributed by atoms with E-state index in [4.69, 9.17) is 0 Å². The second-order valence-electron chi connectivity index (χ2n) is 6.98. The Morgan fingerprint density at radius 2 is 1.75 bits per heavy atom. The van der Waals surface area contributed by atoms with Crippen LogP contribution in [0.15, 0.2) is 48.5 Å². The molecular weight excluding hydrogens is 366 g/mol. The number of fused-ring (bicyclic) bond motifs is 1. The van der Waals surface area contributed by atoms with Gasteiger partial charge in [-0.05, 0) is 49.2 Å². The van der Waals surface area contributed by atoms with E-state index in [1.807, 2.05) is 18.2 Å². The predicted molar refractivity (Wildman–Crippen MR) is 117 cm³/mol. The summed E-state index contributed by atoms with van der Waals surface area (Å²) in [5.41, 5.74) is 3.51. The van der Waals surface area contributed by atoms with Crippen LogP contribution in [0.3, 0.4) is 0 Å². The minimum absolute atomic E-state index is 0.105. The quantitative estimate of drug-likeness (QED) is 0.537. The number of nitrogens with one attached hydrogen (secondary N) is 1. The van der Waals surface area contributed by atoms with Gasteiger partial charge >= 0.3 is 0 Å². The molecule has 0 unspecified atom stereocenters. The molecule has 4 nitrogen and oxygen atoms in total. The minimum atomic E-state index is 0.105. The summed E-state index contributed by atoms with van der Waals surface area (Å²) in [4.78, 5) is 19.2. The van der Waals surface area contributed by atoms with Gasteiger partial charge in [0.15, 0.2) is 0 Å². The highest BCUT2D eigenvalue weighted by Gasteiger charge is 2.06. The number of thiazole rings is 1. The molecule has 0 aliphatic carbocycles. The molecule has 0 bridgehead atoms. The summed E-state index contributed by atoms with van der Waals surface area (Å²) in [6.45, 7) is 8.06. The van der Waals surface area contributed by atoms with Crippen LogP contribution < -0.4 is 5.32 Å². The van der Waals surface area contributed by atoms with E-state index >= 15 is 0 Å². The fraction of sp³-hybridized carbons (Fsp3) is 0.391. The van der Waals surface area contributed by atoms with Crippen molar-refractivity contribution in [3.05, 3.63) is 64.7 Å². The fourth-order valence-electron chi connectivity index (χ4n) is 3.18. The molecule has 0 aliphatic rings. The monoisotopic (exact) mass is 395 g/mol. The van der Waals surface area contributed by atoms with Gasteiger partial charge in [-0.3, -0.25) is 9.69 Å². The summed E-state index contributed by atoms with van der Waals surface area (Å²) < 4.78 is 1.21. The molecule has 0 aliphatic heterocycles. The lowest BCUT2D eigenvalue weighted by atomic mass is 10.1. The first-order valence-electron chi connectivity index (χ1n) is 10.1. The number of para-hydroxylation sites is 1. The van der Waals surface area contributed by atoms with Gasteiger partial charge in [0.1, 0.15) is 0 Å². The van der Waals surface area contributed by atoms with Crippen LogP contribution in [0.4, 0.5) is 0 Å². The van der Waals surface area contributed by atoms with Gasteiger partial charge < -0.3 is 5.32 Å². The molecule has 1 heterocycles. The third kappa shape index (κ3) is 5.88. The van der Waals surface area contributed by atoms with Gasteiger partial charge in [-0.1, -0.05) is 50.2 Å². The van der Waals surface area contributed by atoms with Crippen molar-refractivity contribution in [3.63, 3.8) is 0 Å². The number of aryl methyl sites for hydroxylation is 1. The third-order valence-electron chi connectivity index (χ3n) is 4.95. The van der Waals surface area contributed by atoms with E-state index < -0.39 is 0 Å². The number of amides is 1. The van der Waals surface area contributed by atoms with Crippen molar-refractivity contribution in [2.24, 2.45) is 0 Å². The summed E-state index contributed by atoms with van der Waals surface area (Å²) in [5.74, 6) is 0.105. The molecule has 148 valence electrons. The number of carbonyl (C=O) groups is 1. The molecule has 0 spiro atoms. The van der Waals surface area contributed by atoms with Gasteiger partial charge in [-0.2, -0.15) is 0 Å². The maximum Gasteiger partial charge on any atom is 0.220 e. The summed E-state index contributed by atoms with van der Waals surface area (Å²) in [6, 6.07) is 16.7. The van der Waals surface area contributed by atoms with Gasteiger partial charge in [0.05, 0.1) is 15.2 Å². The summed E-state index contributed by atoms with van der Waals surface area (Å²) >= 11 is 1.72. The lowest BCUT2D eigenvalue weighted by molar-refractivity contribution is -0.121. The zero-order valence-corrected chi connectivity index (χ0v) is 17.6. The number of rotatable bonds is 10. The highest BCUT2D eigenvalue weighted by Crippen LogP contribution is 2.22. The molecule has 0 atom stereocenters. The number of carbonyl (C=O) groups excluding carboxylic acids is 1. The topological polar surface area (TPSA) is 45.2 Å². The number of nitrogens with zero attached hydrogens (tertiary/aromatic N) is 2. The summed E-state index contributed by atoms with van der Waals surface area (Å²) in [5, 5.41) is 4.14. The van der Waals surface area contributed by atoms with Crippen LogP contribution in [-0.4, -0.2) is 28.9 Å². The van der Waals surface area contributed by atoms with E-state index in [0.717, 1.165) is 48.6 Å². The molecular formula is C23H29N3OS. The Bertz CT molecular complexity index is 851. The maximum absolute atomic E-state index is 12.1. The number of aromatic nitrogens is 1. The molecule has 0 saturated heterocycles. The van der Waals surface area contributed by atoms with E-state index in [-0.39, 0.29) is 5.91 Å². The molecule has 3 rings (SSSR count). The van der Waals surface area contributed by atoms with Gasteiger partial charge in [-0.25, -0.2) is 4.98 Å². The SMILES string of the molecule is CCN(CC)Cc1ccc(CNC(=O)CCCc2nc3ccccc3s2)cc1. The highest BCUT2D eigenvalue weighted by atomic mass is 32.1. The molecule has 5 heteroatoms. The Labute approximate surface area is 171 Å². The van der Waals surface area contributed by atoms with Gasteiger partial charge in [-0.15, -0.1) is 11.3 Å². The average Bonchev–Trinajstić information content (AvgIpc) is 3.14. The van der Waals surface area contributed by atoms with Crippen LogP contribution in [0.25, 0.3) is 10.2 Å². The Balaban J connectivity index is 1.39. The molecule has 1 aromatic heterocycles. The smallest absolute Gasteiger partial charge is 0.220 e. The van der Waals surface area contributed by atoms with Crippen LogP contribution in [-0.2, 0) is 24.3 Å². The van der Waals surface area contributed by atoms with Crippen molar-refractivity contribution >= 4 is 27.5 Å². The molecule has 0 fully saturated rings. The molecule has 0 radical (unpaired) electrons. The standard InChI is InChI=1S/C23H29N3OS/c1-3-26(4-2)17-19-14-12-18(13-15-19)16-24-22(27)10-7-11-23-25-20-8-5-6-9-21(20)28-23/h5-6,8-9,12-15H,3-4,7,10-11,16-17H2,1-2H3,(H,24,27). The summed E-state index contributed by atoms with van der Waals surface area (Å²) in [6.07, 6.45) is 2.22. The number of benzene rings is 2. The van der Waals surface area contributed by atoms with E-state index in [0.29, 0.717) is 13.0 Å². The zero-order chi connectivity index (χ0) is 19.8. The largest absolute Gasteiger partial charge is 0.352 e. The molecule has 1 amide bonds. The lowest BCUT2D eigenvalue weighted by Crippen LogP contribution is -2.23. The van der Waals surface area contributed by atoms with Crippen molar-refractivity contribution in [2.75, 3.05) is 13.1 Å². The van der Waals surface area contributed by atoms with Crippen molar-refractivity contribution in [2.45, 2.75) is 46.2 Å². The molecule has 1 N–H and O–H groups in total. The van der Waals surface area contributed by atoms with Crippen LogP contribution >= 0.6 is 11.3 Å². The molecule has 2 aromatic carbocycles. The maximum atomic E-state index is 12.1. The van der Waals surface area contributed by atoms with Crippen LogP contribution in [0.2, 0.25) is 0 Å². The highest BCUT2D eigenvalue weighted by molar-refractivity contribution is 7.18. The zero-order valence-electron chi connectivity index (χ0n) is 16.8. The lowest BCUT2D eigenvalue weighted by Gasteiger charge is -2.18. The van der Waals surface area contributed by atoms with Gasteiger partial charge in [0.2, 0.25) is 5.91 Å².